The summed E-state index contributed by atoms with van der Waals surface area (Å²) in [4.78, 5) is 37.8. The molecule has 2 saturated carbocycles. The topological polar surface area (TPSA) is 90.5 Å². The van der Waals surface area contributed by atoms with Crippen molar-refractivity contribution in [2.45, 2.75) is 82.2 Å². The van der Waals surface area contributed by atoms with Crippen LogP contribution >= 0.6 is 0 Å². The summed E-state index contributed by atoms with van der Waals surface area (Å²) in [6.07, 6.45) is 11.2. The molecule has 0 unspecified atom stereocenters. The van der Waals surface area contributed by atoms with E-state index in [1.54, 1.807) is 0 Å². The lowest BCUT2D eigenvalue weighted by Crippen LogP contribution is -2.44. The zero-order valence-corrected chi connectivity index (χ0v) is 15.6. The maximum atomic E-state index is 12.5. The Labute approximate surface area is 155 Å². The fourth-order valence-electron chi connectivity index (χ4n) is 4.46. The average Bonchev–Trinajstić information content (AvgIpc) is 3.06. The van der Waals surface area contributed by atoms with Gasteiger partial charge < -0.3 is 16.0 Å². The molecule has 3 N–H and O–H groups in total. The molecule has 0 aromatic heterocycles. The van der Waals surface area contributed by atoms with Crippen molar-refractivity contribution in [2.75, 3.05) is 19.6 Å². The number of nitrogens with one attached hydrogen (secondary N) is 3. The molecule has 7 heteroatoms. The third-order valence-corrected chi connectivity index (χ3v) is 6.00. The van der Waals surface area contributed by atoms with Crippen LogP contribution in [-0.2, 0) is 9.59 Å². The highest BCUT2D eigenvalue weighted by molar-refractivity contribution is 6.07. The van der Waals surface area contributed by atoms with Gasteiger partial charge in [0, 0.05) is 32.1 Å². The highest BCUT2D eigenvalue weighted by Crippen LogP contribution is 2.34. The number of imide groups is 1. The van der Waals surface area contributed by atoms with Crippen molar-refractivity contribution in [3.63, 3.8) is 0 Å². The predicted molar refractivity (Wildman–Crippen MR) is 98.6 cm³/mol. The number of urea groups is 1. The van der Waals surface area contributed by atoms with Crippen LogP contribution < -0.4 is 16.0 Å². The molecular weight excluding hydrogens is 332 g/mol. The van der Waals surface area contributed by atoms with Crippen molar-refractivity contribution >= 4 is 17.8 Å². The van der Waals surface area contributed by atoms with Gasteiger partial charge in [0.15, 0.2) is 0 Å². The lowest BCUT2D eigenvalue weighted by Gasteiger charge is -2.20. The zero-order chi connectivity index (χ0) is 18.4. The first-order valence-electron chi connectivity index (χ1n) is 10.2. The van der Waals surface area contributed by atoms with Crippen LogP contribution in [0.15, 0.2) is 0 Å². The smallest absolute Gasteiger partial charge is 0.325 e. The summed E-state index contributed by atoms with van der Waals surface area (Å²) in [5.74, 6) is -0.261. The van der Waals surface area contributed by atoms with E-state index in [0.717, 1.165) is 19.4 Å². The number of carbonyl (C=O) groups excluding carboxylic acids is 3. The zero-order valence-electron chi connectivity index (χ0n) is 15.6. The Hall–Kier alpha value is -1.63. The summed E-state index contributed by atoms with van der Waals surface area (Å²) in [5.41, 5.74) is -0.684. The summed E-state index contributed by atoms with van der Waals surface area (Å²) >= 11 is 0. The molecule has 3 rings (SSSR count). The minimum Gasteiger partial charge on any atom is -0.355 e. The Morgan fingerprint density at radius 2 is 1.73 bits per heavy atom. The fraction of sp³-hybridized carbons (Fsp3) is 0.842. The molecular formula is C19H32N4O3. The minimum atomic E-state index is -0.684. The minimum absolute atomic E-state index is 0.111. The monoisotopic (exact) mass is 364 g/mol. The van der Waals surface area contributed by atoms with Crippen LogP contribution in [0.3, 0.4) is 0 Å². The van der Waals surface area contributed by atoms with Crippen LogP contribution in [0.1, 0.15) is 70.6 Å². The van der Waals surface area contributed by atoms with Crippen LogP contribution in [0.5, 0.6) is 0 Å². The molecule has 7 nitrogen and oxygen atoms in total. The lowest BCUT2D eigenvalue weighted by atomic mass is 9.98. The number of hydrogen-bond acceptors (Lipinski definition) is 4. The van der Waals surface area contributed by atoms with Gasteiger partial charge >= 0.3 is 6.03 Å². The molecule has 1 heterocycles. The Morgan fingerprint density at radius 3 is 2.42 bits per heavy atom. The largest absolute Gasteiger partial charge is 0.355 e. The van der Waals surface area contributed by atoms with E-state index in [2.05, 4.69) is 16.0 Å². The Kier molecular flexibility index (Phi) is 6.51. The van der Waals surface area contributed by atoms with Crippen LogP contribution in [0, 0.1) is 0 Å². The first kappa shape index (κ1) is 19.1. The van der Waals surface area contributed by atoms with Crippen molar-refractivity contribution in [3.8, 4) is 0 Å². The van der Waals surface area contributed by atoms with E-state index in [-0.39, 0.29) is 30.8 Å². The van der Waals surface area contributed by atoms with Gasteiger partial charge in [0.1, 0.15) is 5.54 Å². The molecule has 4 amide bonds. The molecule has 1 aliphatic heterocycles. The molecule has 1 saturated heterocycles. The summed E-state index contributed by atoms with van der Waals surface area (Å²) in [5, 5.41) is 9.24. The van der Waals surface area contributed by atoms with Gasteiger partial charge in [0.2, 0.25) is 5.91 Å². The first-order chi connectivity index (χ1) is 12.6. The molecule has 3 aliphatic rings. The van der Waals surface area contributed by atoms with Crippen LogP contribution in [0.4, 0.5) is 4.79 Å². The first-order valence-corrected chi connectivity index (χ1v) is 10.2. The summed E-state index contributed by atoms with van der Waals surface area (Å²) < 4.78 is 0. The molecule has 3 fully saturated rings. The molecule has 0 radical (unpaired) electrons. The van der Waals surface area contributed by atoms with Crippen molar-refractivity contribution in [2.24, 2.45) is 0 Å². The second-order valence-electron chi connectivity index (χ2n) is 7.92. The number of amides is 4. The van der Waals surface area contributed by atoms with Crippen molar-refractivity contribution < 1.29 is 14.4 Å². The highest BCUT2D eigenvalue weighted by Gasteiger charge is 2.52. The van der Waals surface area contributed by atoms with E-state index in [1.165, 1.54) is 43.4 Å². The second-order valence-corrected chi connectivity index (χ2v) is 7.92. The van der Waals surface area contributed by atoms with E-state index in [9.17, 15) is 14.4 Å². The Balaban J connectivity index is 1.32. The molecule has 2 aliphatic carbocycles. The molecule has 1 spiro atoms. The highest BCUT2D eigenvalue weighted by atomic mass is 16.2. The SMILES string of the molecule is O=C(CCN1C(=O)NC2(CCCC2)C1=O)NCCNC1CCCCCC1. The van der Waals surface area contributed by atoms with Gasteiger partial charge in [-0.25, -0.2) is 4.79 Å². The number of nitrogens with zero attached hydrogens (tertiary/aromatic N) is 1. The third kappa shape index (κ3) is 4.55. The summed E-state index contributed by atoms with van der Waals surface area (Å²) in [6.45, 7) is 1.51. The van der Waals surface area contributed by atoms with Gasteiger partial charge in [0.05, 0.1) is 0 Å². The van der Waals surface area contributed by atoms with E-state index in [1.807, 2.05) is 0 Å². The van der Waals surface area contributed by atoms with E-state index >= 15 is 0 Å². The Morgan fingerprint density at radius 1 is 1.04 bits per heavy atom. The summed E-state index contributed by atoms with van der Waals surface area (Å²) in [6, 6.07) is 0.225. The number of hydrogen-bond donors (Lipinski definition) is 3. The van der Waals surface area contributed by atoms with Crippen molar-refractivity contribution in [3.05, 3.63) is 0 Å². The van der Waals surface area contributed by atoms with Crippen molar-refractivity contribution in [1.29, 1.82) is 0 Å². The molecule has 0 aromatic rings. The van der Waals surface area contributed by atoms with Gasteiger partial charge in [0.25, 0.3) is 5.91 Å². The lowest BCUT2D eigenvalue weighted by molar-refractivity contribution is -0.131. The Bertz CT molecular complexity index is 523. The average molecular weight is 364 g/mol. The third-order valence-electron chi connectivity index (χ3n) is 6.00. The molecule has 26 heavy (non-hydrogen) atoms. The normalized spacial score (nSPS) is 23.3. The van der Waals surface area contributed by atoms with Gasteiger partial charge in [-0.05, 0) is 25.7 Å². The molecule has 0 aromatic carbocycles. The standard InChI is InChI=1S/C19H32N4O3/c24-16(21-13-12-20-15-7-3-1-2-4-8-15)9-14-23-17(25)19(22-18(23)26)10-5-6-11-19/h15,20H,1-14H2,(H,21,24)(H,22,26). The van der Waals surface area contributed by atoms with E-state index in [0.29, 0.717) is 25.4 Å². The predicted octanol–water partition coefficient (Wildman–Crippen LogP) is 1.67. The number of rotatable bonds is 7. The molecule has 0 bridgehead atoms. The van der Waals surface area contributed by atoms with Gasteiger partial charge in [-0.1, -0.05) is 38.5 Å². The fourth-order valence-corrected chi connectivity index (χ4v) is 4.46. The van der Waals surface area contributed by atoms with Crippen LogP contribution in [0.25, 0.3) is 0 Å². The van der Waals surface area contributed by atoms with E-state index in [4.69, 9.17) is 0 Å². The summed E-state index contributed by atoms with van der Waals surface area (Å²) in [7, 11) is 0. The van der Waals surface area contributed by atoms with Gasteiger partial charge in [-0.15, -0.1) is 0 Å². The molecule has 0 atom stereocenters. The van der Waals surface area contributed by atoms with Crippen LogP contribution in [-0.4, -0.2) is 54.0 Å². The maximum absolute atomic E-state index is 12.5. The second kappa shape index (κ2) is 8.84. The quantitative estimate of drug-likeness (QED) is 0.364. The van der Waals surface area contributed by atoms with Crippen LogP contribution in [0.2, 0.25) is 0 Å². The van der Waals surface area contributed by atoms with Gasteiger partial charge in [-0.3, -0.25) is 14.5 Å². The van der Waals surface area contributed by atoms with Gasteiger partial charge in [-0.2, -0.15) is 0 Å². The van der Waals surface area contributed by atoms with E-state index < -0.39 is 5.54 Å². The number of carbonyl (C=O) groups is 3. The molecule has 146 valence electrons. The van der Waals surface area contributed by atoms with Crippen molar-refractivity contribution in [1.82, 2.24) is 20.9 Å². The maximum Gasteiger partial charge on any atom is 0.325 e.